The second kappa shape index (κ2) is 9.29. The van der Waals surface area contributed by atoms with Crippen LogP contribution in [0.3, 0.4) is 0 Å². The summed E-state index contributed by atoms with van der Waals surface area (Å²) in [5, 5.41) is 0. The normalized spacial score (nSPS) is 14.3. The number of rotatable bonds is 4. The minimum absolute atomic E-state index is 0.268. The average molecular weight is 463 g/mol. The number of nitrogens with two attached hydrogens (primary N) is 1. The second-order valence-electron chi connectivity index (χ2n) is 9.81. The molecule has 0 radical (unpaired) electrons. The number of ether oxygens (including phenoxy) is 1. The molecule has 1 aromatic carbocycles. The monoisotopic (exact) mass is 462 g/mol. The molecule has 1 fully saturated rings. The average Bonchev–Trinajstić information content (AvgIpc) is 3.20. The van der Waals surface area contributed by atoms with Gasteiger partial charge in [-0.25, -0.2) is 4.79 Å². The van der Waals surface area contributed by atoms with Crippen LogP contribution in [0.15, 0.2) is 48.7 Å². The van der Waals surface area contributed by atoms with Crippen LogP contribution >= 0.6 is 0 Å². The number of anilines is 3. The molecule has 8 nitrogen and oxygen atoms in total. The second-order valence-corrected chi connectivity index (χ2v) is 9.81. The summed E-state index contributed by atoms with van der Waals surface area (Å²) in [6.07, 6.45) is 1.55. The zero-order chi connectivity index (χ0) is 24.5. The van der Waals surface area contributed by atoms with Crippen molar-refractivity contribution in [1.82, 2.24) is 14.9 Å². The van der Waals surface area contributed by atoms with Gasteiger partial charge in [0, 0.05) is 69.0 Å². The first kappa shape index (κ1) is 23.5. The molecule has 0 atom stereocenters. The van der Waals surface area contributed by atoms with Gasteiger partial charge in [0.2, 0.25) is 0 Å². The lowest BCUT2D eigenvalue weighted by Crippen LogP contribution is -2.50. The molecule has 1 aliphatic heterocycles. The number of hydrogen-bond donors (Lipinski definition) is 2. The van der Waals surface area contributed by atoms with Crippen molar-refractivity contribution in [3.63, 3.8) is 0 Å². The van der Waals surface area contributed by atoms with E-state index < -0.39 is 5.60 Å². The summed E-state index contributed by atoms with van der Waals surface area (Å²) < 4.78 is 5.50. The number of amides is 1. The van der Waals surface area contributed by atoms with E-state index in [1.54, 1.807) is 4.90 Å². The highest BCUT2D eigenvalue weighted by Crippen LogP contribution is 2.32. The van der Waals surface area contributed by atoms with Crippen molar-refractivity contribution in [1.29, 1.82) is 0 Å². The Hall–Kier alpha value is -3.68. The van der Waals surface area contributed by atoms with Crippen molar-refractivity contribution in [3.05, 3.63) is 48.7 Å². The SMILES string of the molecule is CN(C)c1ccc(-c2cc(-c3cc(N)c(N4CCN(C(=O)OC(C)(C)C)CC4)[nH]3)ccn2)cc1. The van der Waals surface area contributed by atoms with Crippen LogP contribution in [0.4, 0.5) is 22.0 Å². The molecule has 0 bridgehead atoms. The summed E-state index contributed by atoms with van der Waals surface area (Å²) in [4.78, 5) is 26.4. The molecule has 34 heavy (non-hydrogen) atoms. The standard InChI is InChI=1S/C26H34N6O2/c1-26(2,3)34-25(33)32-14-12-31(13-15-32)24-21(27)17-23(29-24)19-10-11-28-22(16-19)18-6-8-20(9-7-18)30(4)5/h6-11,16-17,29H,12-15,27H2,1-5H3. The largest absolute Gasteiger partial charge is 0.444 e. The van der Waals surface area contributed by atoms with Gasteiger partial charge in [0.05, 0.1) is 11.4 Å². The first-order valence-corrected chi connectivity index (χ1v) is 11.6. The molecule has 1 aliphatic rings. The van der Waals surface area contributed by atoms with Crippen LogP contribution in [0, 0.1) is 0 Å². The molecule has 3 N–H and O–H groups in total. The van der Waals surface area contributed by atoms with Crippen LogP contribution in [0.5, 0.6) is 0 Å². The van der Waals surface area contributed by atoms with E-state index in [2.05, 4.69) is 50.1 Å². The van der Waals surface area contributed by atoms with Gasteiger partial charge >= 0.3 is 6.09 Å². The maximum absolute atomic E-state index is 12.4. The van der Waals surface area contributed by atoms with Gasteiger partial charge in [0.15, 0.2) is 0 Å². The third-order valence-corrected chi connectivity index (χ3v) is 5.82. The molecular formula is C26H34N6O2. The molecule has 2 aromatic heterocycles. The molecule has 180 valence electrons. The number of aromatic amines is 1. The molecule has 1 saturated heterocycles. The van der Waals surface area contributed by atoms with Crippen molar-refractivity contribution in [2.75, 3.05) is 55.8 Å². The van der Waals surface area contributed by atoms with Crippen LogP contribution in [0.25, 0.3) is 22.5 Å². The number of hydrogen-bond acceptors (Lipinski definition) is 6. The number of carbonyl (C=O) groups is 1. The number of piperazine rings is 1. The van der Waals surface area contributed by atoms with E-state index in [-0.39, 0.29) is 6.09 Å². The number of nitrogen functional groups attached to an aromatic ring is 1. The Balaban J connectivity index is 1.47. The van der Waals surface area contributed by atoms with Crippen molar-refractivity contribution >= 4 is 23.3 Å². The van der Waals surface area contributed by atoms with Gasteiger partial charge in [0.1, 0.15) is 11.4 Å². The van der Waals surface area contributed by atoms with Crippen molar-refractivity contribution in [2.24, 2.45) is 0 Å². The molecule has 0 saturated carbocycles. The fraction of sp³-hybridized carbons (Fsp3) is 0.385. The first-order valence-electron chi connectivity index (χ1n) is 11.6. The number of pyridine rings is 1. The van der Waals surface area contributed by atoms with Crippen LogP contribution in [0.1, 0.15) is 20.8 Å². The molecule has 3 heterocycles. The maximum atomic E-state index is 12.4. The van der Waals surface area contributed by atoms with E-state index in [0.29, 0.717) is 31.9 Å². The van der Waals surface area contributed by atoms with Gasteiger partial charge in [-0.2, -0.15) is 0 Å². The lowest BCUT2D eigenvalue weighted by Gasteiger charge is -2.36. The van der Waals surface area contributed by atoms with Crippen LogP contribution in [-0.4, -0.2) is 66.8 Å². The lowest BCUT2D eigenvalue weighted by molar-refractivity contribution is 0.0240. The van der Waals surface area contributed by atoms with Crippen molar-refractivity contribution in [3.8, 4) is 22.5 Å². The quantitative estimate of drug-likeness (QED) is 0.595. The smallest absolute Gasteiger partial charge is 0.410 e. The number of aromatic nitrogens is 2. The fourth-order valence-electron chi connectivity index (χ4n) is 4.00. The van der Waals surface area contributed by atoms with Gasteiger partial charge in [-0.1, -0.05) is 12.1 Å². The number of nitrogens with zero attached hydrogens (tertiary/aromatic N) is 4. The number of H-pyrrole nitrogens is 1. The van der Waals surface area contributed by atoms with Crippen LogP contribution < -0.4 is 15.5 Å². The molecule has 1 amide bonds. The Morgan fingerprint density at radius 3 is 2.32 bits per heavy atom. The summed E-state index contributed by atoms with van der Waals surface area (Å²) in [6.45, 7) is 8.19. The number of nitrogens with one attached hydrogen (secondary N) is 1. The van der Waals surface area contributed by atoms with Crippen LogP contribution in [0.2, 0.25) is 0 Å². The highest BCUT2D eigenvalue weighted by Gasteiger charge is 2.27. The Kier molecular flexibility index (Phi) is 6.41. The van der Waals surface area contributed by atoms with Crippen molar-refractivity contribution in [2.45, 2.75) is 26.4 Å². The van der Waals surface area contributed by atoms with Gasteiger partial charge in [-0.15, -0.1) is 0 Å². The summed E-state index contributed by atoms with van der Waals surface area (Å²) in [5.41, 5.74) is 11.7. The van der Waals surface area contributed by atoms with Gasteiger partial charge in [-0.05, 0) is 51.1 Å². The van der Waals surface area contributed by atoms with E-state index in [1.165, 1.54) is 0 Å². The third kappa shape index (κ3) is 5.27. The predicted molar refractivity (Wildman–Crippen MR) is 138 cm³/mol. The molecule has 8 heteroatoms. The Labute approximate surface area is 201 Å². The van der Waals surface area contributed by atoms with Crippen LogP contribution in [-0.2, 0) is 4.74 Å². The summed E-state index contributed by atoms with van der Waals surface area (Å²) in [7, 11) is 4.05. The zero-order valence-electron chi connectivity index (χ0n) is 20.6. The minimum Gasteiger partial charge on any atom is -0.444 e. The minimum atomic E-state index is -0.495. The van der Waals surface area contributed by atoms with E-state index in [4.69, 9.17) is 10.5 Å². The molecule has 4 rings (SSSR count). The summed E-state index contributed by atoms with van der Waals surface area (Å²) in [5.74, 6) is 0.882. The number of benzene rings is 1. The Morgan fingerprint density at radius 1 is 1.03 bits per heavy atom. The van der Waals surface area contributed by atoms with Gasteiger partial charge < -0.3 is 30.2 Å². The van der Waals surface area contributed by atoms with Crippen molar-refractivity contribution < 1.29 is 9.53 Å². The number of carbonyl (C=O) groups excluding carboxylic acids is 1. The van der Waals surface area contributed by atoms with E-state index in [9.17, 15) is 4.79 Å². The first-order chi connectivity index (χ1) is 16.1. The zero-order valence-corrected chi connectivity index (χ0v) is 20.6. The maximum Gasteiger partial charge on any atom is 0.410 e. The molecular weight excluding hydrogens is 428 g/mol. The Bertz CT molecular complexity index is 1140. The van der Waals surface area contributed by atoms with E-state index in [0.717, 1.165) is 34.0 Å². The van der Waals surface area contributed by atoms with E-state index in [1.807, 2.05) is 53.2 Å². The molecule has 0 spiro atoms. The van der Waals surface area contributed by atoms with E-state index >= 15 is 0 Å². The summed E-state index contributed by atoms with van der Waals surface area (Å²) in [6, 6.07) is 14.4. The molecule has 3 aromatic rings. The topological polar surface area (TPSA) is 90.7 Å². The third-order valence-electron chi connectivity index (χ3n) is 5.82. The molecule has 0 aliphatic carbocycles. The Morgan fingerprint density at radius 2 is 1.71 bits per heavy atom. The fourth-order valence-corrected chi connectivity index (χ4v) is 4.00. The summed E-state index contributed by atoms with van der Waals surface area (Å²) >= 11 is 0. The predicted octanol–water partition coefficient (Wildman–Crippen LogP) is 4.45. The molecule has 0 unspecified atom stereocenters. The van der Waals surface area contributed by atoms with Gasteiger partial charge in [-0.3, -0.25) is 4.98 Å². The lowest BCUT2D eigenvalue weighted by atomic mass is 10.1. The van der Waals surface area contributed by atoms with Gasteiger partial charge in [0.25, 0.3) is 0 Å². The highest BCUT2D eigenvalue weighted by molar-refractivity contribution is 5.77. The highest BCUT2D eigenvalue weighted by atomic mass is 16.6.